The summed E-state index contributed by atoms with van der Waals surface area (Å²) < 4.78 is 10.8. The highest BCUT2D eigenvalue weighted by Gasteiger charge is 2.24. The van der Waals surface area contributed by atoms with Crippen LogP contribution in [-0.2, 0) is 4.74 Å². The molecule has 0 aliphatic carbocycles. The third-order valence-corrected chi connectivity index (χ3v) is 4.48. The van der Waals surface area contributed by atoms with Gasteiger partial charge in [-0.25, -0.2) is 0 Å². The van der Waals surface area contributed by atoms with E-state index in [0.29, 0.717) is 12.0 Å². The van der Waals surface area contributed by atoms with Crippen LogP contribution in [0.25, 0.3) is 10.8 Å². The molecule has 21 heavy (non-hydrogen) atoms. The van der Waals surface area contributed by atoms with Crippen LogP contribution in [0.4, 0.5) is 0 Å². The third-order valence-electron chi connectivity index (χ3n) is 4.48. The molecule has 1 heterocycles. The average molecular weight is 285 g/mol. The summed E-state index contributed by atoms with van der Waals surface area (Å²) in [6.07, 6.45) is 2.26. The first kappa shape index (κ1) is 14.4. The Bertz CT molecular complexity index is 605. The van der Waals surface area contributed by atoms with Gasteiger partial charge in [-0.2, -0.15) is 0 Å². The maximum atomic E-state index is 5.48. The van der Waals surface area contributed by atoms with E-state index >= 15 is 0 Å². The Morgan fingerprint density at radius 3 is 2.52 bits per heavy atom. The van der Waals surface area contributed by atoms with Gasteiger partial charge in [-0.1, -0.05) is 18.2 Å². The fourth-order valence-corrected chi connectivity index (χ4v) is 3.29. The monoisotopic (exact) mass is 285 g/mol. The molecule has 3 rings (SSSR count). The first-order chi connectivity index (χ1) is 10.3. The number of methoxy groups -OCH3 is 1. The lowest BCUT2D eigenvalue weighted by atomic mass is 9.86. The Hall–Kier alpha value is -1.58. The number of rotatable bonds is 4. The summed E-state index contributed by atoms with van der Waals surface area (Å²) in [5, 5.41) is 5.98. The number of ether oxygens (including phenoxy) is 2. The van der Waals surface area contributed by atoms with Crippen LogP contribution in [0.3, 0.4) is 0 Å². The van der Waals surface area contributed by atoms with Gasteiger partial charge in [-0.15, -0.1) is 0 Å². The Labute approximate surface area is 126 Å². The normalized spacial score (nSPS) is 17.8. The maximum absolute atomic E-state index is 5.48. The van der Waals surface area contributed by atoms with Crippen LogP contribution < -0.4 is 10.1 Å². The molecule has 0 amide bonds. The molecule has 0 spiro atoms. The van der Waals surface area contributed by atoms with Crippen molar-refractivity contribution in [2.24, 2.45) is 5.92 Å². The summed E-state index contributed by atoms with van der Waals surface area (Å²) in [6.45, 7) is 1.77. The highest BCUT2D eigenvalue weighted by molar-refractivity contribution is 5.84. The minimum Gasteiger partial charge on any atom is -0.497 e. The highest BCUT2D eigenvalue weighted by atomic mass is 16.5. The molecule has 1 unspecified atom stereocenters. The zero-order chi connectivity index (χ0) is 14.7. The first-order valence-electron chi connectivity index (χ1n) is 7.64. The van der Waals surface area contributed by atoms with Crippen molar-refractivity contribution < 1.29 is 9.47 Å². The maximum Gasteiger partial charge on any atom is 0.119 e. The van der Waals surface area contributed by atoms with Crippen LogP contribution in [-0.4, -0.2) is 27.4 Å². The van der Waals surface area contributed by atoms with Crippen molar-refractivity contribution >= 4 is 10.8 Å². The largest absolute Gasteiger partial charge is 0.497 e. The number of nitrogens with one attached hydrogen (secondary N) is 1. The van der Waals surface area contributed by atoms with E-state index in [4.69, 9.17) is 9.47 Å². The zero-order valence-electron chi connectivity index (χ0n) is 12.8. The van der Waals surface area contributed by atoms with Gasteiger partial charge in [0.25, 0.3) is 0 Å². The molecule has 3 heteroatoms. The van der Waals surface area contributed by atoms with Gasteiger partial charge >= 0.3 is 0 Å². The molecule has 1 aliphatic heterocycles. The van der Waals surface area contributed by atoms with E-state index in [2.05, 4.69) is 42.7 Å². The summed E-state index contributed by atoms with van der Waals surface area (Å²) in [6, 6.07) is 13.4. The van der Waals surface area contributed by atoms with Crippen LogP contribution >= 0.6 is 0 Å². The van der Waals surface area contributed by atoms with Crippen LogP contribution in [0.2, 0.25) is 0 Å². The Balaban J connectivity index is 1.91. The lowest BCUT2D eigenvalue weighted by Crippen LogP contribution is -2.29. The standard InChI is InChI=1S/C18H23NO2/c1-19-18(13-7-9-21-10-8-13)16-4-3-15-12-17(20-2)6-5-14(15)11-16/h3-6,11-13,18-19H,7-10H2,1-2H3. The van der Waals surface area contributed by atoms with Gasteiger partial charge in [0.05, 0.1) is 7.11 Å². The lowest BCUT2D eigenvalue weighted by molar-refractivity contribution is 0.0546. The molecule has 1 aliphatic rings. The second-order valence-electron chi connectivity index (χ2n) is 5.69. The number of hydrogen-bond acceptors (Lipinski definition) is 3. The molecule has 1 N–H and O–H groups in total. The summed E-state index contributed by atoms with van der Waals surface area (Å²) in [5.41, 5.74) is 1.36. The minimum atomic E-state index is 0.403. The molecule has 1 fully saturated rings. The molecule has 0 bridgehead atoms. The van der Waals surface area contributed by atoms with Crippen molar-refractivity contribution in [3.8, 4) is 5.75 Å². The second kappa shape index (κ2) is 6.46. The smallest absolute Gasteiger partial charge is 0.119 e. The molecule has 0 aromatic heterocycles. The fraction of sp³-hybridized carbons (Fsp3) is 0.444. The summed E-state index contributed by atoms with van der Waals surface area (Å²) in [5.74, 6) is 1.56. The van der Waals surface area contributed by atoms with Crippen molar-refractivity contribution in [3.05, 3.63) is 42.0 Å². The topological polar surface area (TPSA) is 30.5 Å². The molecular formula is C18H23NO2. The highest BCUT2D eigenvalue weighted by Crippen LogP contribution is 2.32. The van der Waals surface area contributed by atoms with Crippen LogP contribution in [0.5, 0.6) is 5.75 Å². The molecule has 112 valence electrons. The molecule has 0 radical (unpaired) electrons. The minimum absolute atomic E-state index is 0.403. The Morgan fingerprint density at radius 1 is 1.10 bits per heavy atom. The van der Waals surface area contributed by atoms with Gasteiger partial charge in [-0.05, 0) is 60.3 Å². The lowest BCUT2D eigenvalue weighted by Gasteiger charge is -2.30. The molecular weight excluding hydrogens is 262 g/mol. The van der Waals surface area contributed by atoms with Crippen LogP contribution in [0.1, 0.15) is 24.4 Å². The Morgan fingerprint density at radius 2 is 1.81 bits per heavy atom. The number of hydrogen-bond donors (Lipinski definition) is 1. The Kier molecular flexibility index (Phi) is 4.42. The average Bonchev–Trinajstić information content (AvgIpc) is 2.56. The predicted molar refractivity (Wildman–Crippen MR) is 85.8 cm³/mol. The van der Waals surface area contributed by atoms with E-state index in [9.17, 15) is 0 Å². The quantitative estimate of drug-likeness (QED) is 0.932. The van der Waals surface area contributed by atoms with Crippen molar-refractivity contribution in [1.82, 2.24) is 5.32 Å². The van der Waals surface area contributed by atoms with Gasteiger partial charge in [0.1, 0.15) is 5.75 Å². The third kappa shape index (κ3) is 3.04. The van der Waals surface area contributed by atoms with E-state index in [0.717, 1.165) is 31.8 Å². The zero-order valence-corrected chi connectivity index (χ0v) is 12.8. The van der Waals surface area contributed by atoms with Crippen molar-refractivity contribution in [2.45, 2.75) is 18.9 Å². The molecule has 1 atom stereocenters. The van der Waals surface area contributed by atoms with Crippen molar-refractivity contribution in [2.75, 3.05) is 27.4 Å². The second-order valence-corrected chi connectivity index (χ2v) is 5.69. The summed E-state index contributed by atoms with van der Waals surface area (Å²) >= 11 is 0. The molecule has 1 saturated heterocycles. The SMILES string of the molecule is CNC(c1ccc2cc(OC)ccc2c1)C1CCOCC1. The van der Waals surface area contributed by atoms with Gasteiger partial charge in [0.15, 0.2) is 0 Å². The molecule has 2 aromatic rings. The van der Waals surface area contributed by atoms with Crippen LogP contribution in [0, 0.1) is 5.92 Å². The van der Waals surface area contributed by atoms with Crippen LogP contribution in [0.15, 0.2) is 36.4 Å². The van der Waals surface area contributed by atoms with Crippen molar-refractivity contribution in [1.29, 1.82) is 0 Å². The van der Waals surface area contributed by atoms with Gasteiger partial charge < -0.3 is 14.8 Å². The van der Waals surface area contributed by atoms with Crippen molar-refractivity contribution in [3.63, 3.8) is 0 Å². The molecule has 0 saturated carbocycles. The van der Waals surface area contributed by atoms with Gasteiger partial charge in [0, 0.05) is 19.3 Å². The van der Waals surface area contributed by atoms with E-state index in [1.54, 1.807) is 7.11 Å². The number of benzene rings is 2. The van der Waals surface area contributed by atoms with E-state index < -0.39 is 0 Å². The van der Waals surface area contributed by atoms with E-state index in [1.807, 2.05) is 6.07 Å². The first-order valence-corrected chi connectivity index (χ1v) is 7.64. The number of fused-ring (bicyclic) bond motifs is 1. The predicted octanol–water partition coefficient (Wildman–Crippen LogP) is 3.54. The fourth-order valence-electron chi connectivity index (χ4n) is 3.29. The van der Waals surface area contributed by atoms with Gasteiger partial charge in [-0.3, -0.25) is 0 Å². The molecule has 3 nitrogen and oxygen atoms in total. The van der Waals surface area contributed by atoms with E-state index in [1.165, 1.54) is 16.3 Å². The summed E-state index contributed by atoms with van der Waals surface area (Å²) in [4.78, 5) is 0. The molecule has 2 aromatic carbocycles. The van der Waals surface area contributed by atoms with E-state index in [-0.39, 0.29) is 0 Å². The summed E-state index contributed by atoms with van der Waals surface area (Å²) in [7, 11) is 3.76. The van der Waals surface area contributed by atoms with Gasteiger partial charge in [0.2, 0.25) is 0 Å².